The molecule has 0 unspecified atom stereocenters. The third-order valence-corrected chi connectivity index (χ3v) is 5.33. The number of benzene rings is 1. The Hall–Kier alpha value is -2.60. The van der Waals surface area contributed by atoms with Gasteiger partial charge in [-0.2, -0.15) is 0 Å². The lowest BCUT2D eigenvalue weighted by molar-refractivity contribution is 0.0378. The van der Waals surface area contributed by atoms with E-state index in [4.69, 9.17) is 9.47 Å². The van der Waals surface area contributed by atoms with Crippen molar-refractivity contribution in [1.29, 1.82) is 0 Å². The van der Waals surface area contributed by atoms with E-state index in [-0.39, 0.29) is 12.1 Å². The minimum atomic E-state index is -0.309. The van der Waals surface area contributed by atoms with Gasteiger partial charge in [0.15, 0.2) is 0 Å². The first-order chi connectivity index (χ1) is 14.5. The van der Waals surface area contributed by atoms with Crippen LogP contribution in [0.1, 0.15) is 50.0 Å². The van der Waals surface area contributed by atoms with Crippen LogP contribution in [0.3, 0.4) is 0 Å². The molecule has 1 aliphatic rings. The molecule has 1 aromatic heterocycles. The number of aromatic nitrogens is 1. The molecule has 1 saturated heterocycles. The van der Waals surface area contributed by atoms with Crippen LogP contribution < -0.4 is 9.64 Å². The summed E-state index contributed by atoms with van der Waals surface area (Å²) in [5, 5.41) is 0. The van der Waals surface area contributed by atoms with Crippen LogP contribution in [0.25, 0.3) is 0 Å². The third kappa shape index (κ3) is 5.51. The van der Waals surface area contributed by atoms with E-state index in [2.05, 4.69) is 39.9 Å². The minimum absolute atomic E-state index is 0.153. The number of pyridine rings is 1. The maximum atomic E-state index is 12.5. The predicted molar refractivity (Wildman–Crippen MR) is 119 cm³/mol. The van der Waals surface area contributed by atoms with Gasteiger partial charge >= 0.3 is 5.97 Å². The normalized spacial score (nSPS) is 16.3. The zero-order valence-electron chi connectivity index (χ0n) is 18.5. The number of anilines is 1. The molecule has 1 atom stereocenters. The number of hydrogen-bond acceptors (Lipinski definition) is 6. The minimum Gasteiger partial charge on any atom is -0.494 e. The summed E-state index contributed by atoms with van der Waals surface area (Å²) in [5.74, 6) is 1.33. The summed E-state index contributed by atoms with van der Waals surface area (Å²) < 4.78 is 11.1. The van der Waals surface area contributed by atoms with Crippen molar-refractivity contribution in [2.75, 3.05) is 31.1 Å². The molecular formula is C24H33N3O3. The first-order valence-corrected chi connectivity index (χ1v) is 10.9. The van der Waals surface area contributed by atoms with Crippen LogP contribution in [-0.4, -0.2) is 54.2 Å². The Labute approximate surface area is 179 Å². The van der Waals surface area contributed by atoms with Gasteiger partial charge in [0.2, 0.25) is 0 Å². The van der Waals surface area contributed by atoms with Crippen molar-refractivity contribution in [3.63, 3.8) is 0 Å². The fourth-order valence-corrected chi connectivity index (χ4v) is 3.95. The number of likely N-dealkylation sites (N-methyl/N-ethyl adjacent to an activating group) is 1. The lowest BCUT2D eigenvalue weighted by atomic mass is 10.1. The van der Waals surface area contributed by atoms with Crippen molar-refractivity contribution >= 4 is 11.8 Å². The van der Waals surface area contributed by atoms with Gasteiger partial charge in [-0.3, -0.25) is 4.90 Å². The van der Waals surface area contributed by atoms with Gasteiger partial charge in [-0.1, -0.05) is 19.1 Å². The van der Waals surface area contributed by atoms with Gasteiger partial charge in [0.1, 0.15) is 17.1 Å². The second-order valence-electron chi connectivity index (χ2n) is 7.86. The van der Waals surface area contributed by atoms with E-state index in [0.29, 0.717) is 18.2 Å². The van der Waals surface area contributed by atoms with Gasteiger partial charge in [-0.15, -0.1) is 0 Å². The van der Waals surface area contributed by atoms with Crippen LogP contribution in [0, 0.1) is 0 Å². The first-order valence-electron chi connectivity index (χ1n) is 10.9. The molecule has 0 amide bonds. The Bertz CT molecular complexity index is 840. The van der Waals surface area contributed by atoms with E-state index < -0.39 is 0 Å². The SMILES string of the molecule is CCOc1cccc(CN(CC)[C@@H]2CCN(c3ncccc3C(=O)OC(C)C)C2)c1. The maximum absolute atomic E-state index is 12.5. The number of rotatable bonds is 9. The second kappa shape index (κ2) is 10.4. The molecule has 1 fully saturated rings. The Kier molecular flexibility index (Phi) is 7.69. The molecule has 0 bridgehead atoms. The molecule has 30 heavy (non-hydrogen) atoms. The van der Waals surface area contributed by atoms with Crippen LogP contribution in [0.15, 0.2) is 42.6 Å². The molecule has 1 aromatic carbocycles. The van der Waals surface area contributed by atoms with Crippen molar-refractivity contribution in [3.05, 3.63) is 53.7 Å². The van der Waals surface area contributed by atoms with Crippen molar-refractivity contribution in [1.82, 2.24) is 9.88 Å². The van der Waals surface area contributed by atoms with Crippen LogP contribution in [0.4, 0.5) is 5.82 Å². The highest BCUT2D eigenvalue weighted by Crippen LogP contribution is 2.26. The number of esters is 1. The molecule has 0 spiro atoms. The predicted octanol–water partition coefficient (Wildman–Crippen LogP) is 4.15. The van der Waals surface area contributed by atoms with E-state index in [9.17, 15) is 4.79 Å². The second-order valence-corrected chi connectivity index (χ2v) is 7.86. The van der Waals surface area contributed by atoms with Gasteiger partial charge < -0.3 is 14.4 Å². The smallest absolute Gasteiger partial charge is 0.342 e. The van der Waals surface area contributed by atoms with Gasteiger partial charge in [-0.25, -0.2) is 9.78 Å². The molecule has 2 aromatic rings. The van der Waals surface area contributed by atoms with Gasteiger partial charge in [-0.05, 0) is 63.6 Å². The molecule has 0 saturated carbocycles. The standard InChI is InChI=1S/C24H33N3O3/c1-5-26(16-19-9-7-10-21(15-19)29-6-2)20-12-14-27(17-20)23-22(11-8-13-25-23)24(28)30-18(3)4/h7-11,13,15,18,20H,5-6,12,14,16-17H2,1-4H3/t20-/m1/s1. The molecule has 3 rings (SSSR count). The summed E-state index contributed by atoms with van der Waals surface area (Å²) in [6.45, 7) is 12.1. The number of hydrogen-bond donors (Lipinski definition) is 0. The summed E-state index contributed by atoms with van der Waals surface area (Å²) in [6.07, 6.45) is 2.62. The molecule has 162 valence electrons. The summed E-state index contributed by atoms with van der Waals surface area (Å²) in [5.41, 5.74) is 1.79. The Balaban J connectivity index is 1.70. The topological polar surface area (TPSA) is 54.9 Å². The maximum Gasteiger partial charge on any atom is 0.342 e. The lowest BCUT2D eigenvalue weighted by Gasteiger charge is -2.28. The summed E-state index contributed by atoms with van der Waals surface area (Å²) in [4.78, 5) is 21.7. The van der Waals surface area contributed by atoms with Crippen LogP contribution >= 0.6 is 0 Å². The monoisotopic (exact) mass is 411 g/mol. The first kappa shape index (κ1) is 22.1. The van der Waals surface area contributed by atoms with Gasteiger partial charge in [0, 0.05) is 31.9 Å². The van der Waals surface area contributed by atoms with Crippen molar-refractivity contribution < 1.29 is 14.3 Å². The van der Waals surface area contributed by atoms with E-state index >= 15 is 0 Å². The number of carbonyl (C=O) groups is 1. The quantitative estimate of drug-likeness (QED) is 0.578. The lowest BCUT2D eigenvalue weighted by Crippen LogP contribution is -2.37. The Morgan fingerprint density at radius 3 is 2.83 bits per heavy atom. The largest absolute Gasteiger partial charge is 0.494 e. The zero-order chi connectivity index (χ0) is 21.5. The van der Waals surface area contributed by atoms with Gasteiger partial charge in [0.05, 0.1) is 12.7 Å². The van der Waals surface area contributed by atoms with Crippen molar-refractivity contribution in [3.8, 4) is 5.75 Å². The van der Waals surface area contributed by atoms with E-state index in [1.807, 2.05) is 26.8 Å². The fourth-order valence-electron chi connectivity index (χ4n) is 3.95. The molecule has 6 nitrogen and oxygen atoms in total. The molecule has 0 radical (unpaired) electrons. The van der Waals surface area contributed by atoms with E-state index in [1.165, 1.54) is 5.56 Å². The third-order valence-electron chi connectivity index (χ3n) is 5.33. The molecule has 0 N–H and O–H groups in total. The highest BCUT2D eigenvalue weighted by molar-refractivity contribution is 5.94. The van der Waals surface area contributed by atoms with Crippen molar-refractivity contribution in [2.24, 2.45) is 0 Å². The summed E-state index contributed by atoms with van der Waals surface area (Å²) >= 11 is 0. The average Bonchev–Trinajstić information content (AvgIpc) is 3.22. The highest BCUT2D eigenvalue weighted by atomic mass is 16.5. The van der Waals surface area contributed by atoms with Crippen LogP contribution in [-0.2, 0) is 11.3 Å². The van der Waals surface area contributed by atoms with Crippen LogP contribution in [0.5, 0.6) is 5.75 Å². The summed E-state index contributed by atoms with van der Waals surface area (Å²) in [7, 11) is 0. The Morgan fingerprint density at radius 1 is 1.27 bits per heavy atom. The Morgan fingerprint density at radius 2 is 2.10 bits per heavy atom. The molecular weight excluding hydrogens is 378 g/mol. The average molecular weight is 412 g/mol. The summed E-state index contributed by atoms with van der Waals surface area (Å²) in [6, 6.07) is 12.3. The zero-order valence-corrected chi connectivity index (χ0v) is 18.5. The van der Waals surface area contributed by atoms with E-state index in [0.717, 1.165) is 44.2 Å². The van der Waals surface area contributed by atoms with Gasteiger partial charge in [0.25, 0.3) is 0 Å². The molecule has 2 heterocycles. The highest BCUT2D eigenvalue weighted by Gasteiger charge is 2.30. The van der Waals surface area contributed by atoms with Crippen molar-refractivity contribution in [2.45, 2.75) is 52.8 Å². The molecule has 0 aliphatic carbocycles. The fraction of sp³-hybridized carbons (Fsp3) is 0.500. The number of carbonyl (C=O) groups excluding carboxylic acids is 1. The molecule has 1 aliphatic heterocycles. The number of nitrogens with zero attached hydrogens (tertiary/aromatic N) is 3. The van der Waals surface area contributed by atoms with Crippen LogP contribution in [0.2, 0.25) is 0 Å². The molecule has 6 heteroatoms. The number of ether oxygens (including phenoxy) is 2. The van der Waals surface area contributed by atoms with E-state index in [1.54, 1.807) is 18.3 Å².